The summed E-state index contributed by atoms with van der Waals surface area (Å²) >= 11 is 0. The predicted octanol–water partition coefficient (Wildman–Crippen LogP) is 5.27. The summed E-state index contributed by atoms with van der Waals surface area (Å²) in [7, 11) is 0. The third kappa shape index (κ3) is 8.73. The number of rotatable bonds is 12. The Morgan fingerprint density at radius 1 is 0.909 bits per heavy atom. The highest BCUT2D eigenvalue weighted by Crippen LogP contribution is 2.25. The van der Waals surface area contributed by atoms with Crippen LogP contribution in [0.15, 0.2) is 24.3 Å². The number of hydrogen-bond donors (Lipinski definition) is 2. The molecule has 0 bridgehead atoms. The van der Waals surface area contributed by atoms with Crippen molar-refractivity contribution in [2.24, 2.45) is 0 Å². The third-order valence-corrected chi connectivity index (χ3v) is 3.67. The van der Waals surface area contributed by atoms with E-state index in [1.165, 1.54) is 57.1 Å². The molecule has 0 aliphatic carbocycles. The minimum Gasteiger partial charge on any atom is -0.504 e. The molecule has 0 aromatic heterocycles. The van der Waals surface area contributed by atoms with E-state index in [0.717, 1.165) is 18.6 Å². The minimum atomic E-state index is -0.0954. The second kappa shape index (κ2) is 12.1. The fourth-order valence-electron chi connectivity index (χ4n) is 2.32. The smallest absolute Gasteiger partial charge is 0.157 e. The Bertz CT molecular complexity index is 427. The van der Waals surface area contributed by atoms with Crippen LogP contribution in [0.3, 0.4) is 0 Å². The quantitative estimate of drug-likeness (QED) is 0.408. The first-order valence-electron chi connectivity index (χ1n) is 8.50. The first-order valence-corrected chi connectivity index (χ1v) is 8.50. The van der Waals surface area contributed by atoms with Gasteiger partial charge in [0, 0.05) is 6.61 Å². The maximum Gasteiger partial charge on any atom is 0.157 e. The van der Waals surface area contributed by atoms with Crippen molar-refractivity contribution in [1.82, 2.24) is 0 Å². The van der Waals surface area contributed by atoms with Crippen LogP contribution in [-0.2, 0) is 4.74 Å². The highest BCUT2D eigenvalue weighted by molar-refractivity contribution is 5.54. The van der Waals surface area contributed by atoms with Gasteiger partial charge in [0.2, 0.25) is 0 Å². The zero-order chi connectivity index (χ0) is 16.0. The van der Waals surface area contributed by atoms with Crippen molar-refractivity contribution in [3.63, 3.8) is 0 Å². The Kier molecular flexibility index (Phi) is 10.2. The van der Waals surface area contributed by atoms with Crippen molar-refractivity contribution >= 4 is 6.08 Å². The molecule has 0 heterocycles. The van der Waals surface area contributed by atoms with Crippen molar-refractivity contribution in [2.75, 3.05) is 13.2 Å². The van der Waals surface area contributed by atoms with Crippen LogP contribution in [-0.4, -0.2) is 23.4 Å². The summed E-state index contributed by atoms with van der Waals surface area (Å²) in [5.74, 6) is -0.190. The van der Waals surface area contributed by atoms with E-state index in [9.17, 15) is 10.2 Å². The van der Waals surface area contributed by atoms with Crippen LogP contribution in [0.5, 0.6) is 11.5 Å². The van der Waals surface area contributed by atoms with E-state index >= 15 is 0 Å². The van der Waals surface area contributed by atoms with E-state index in [2.05, 4.69) is 6.92 Å². The van der Waals surface area contributed by atoms with Gasteiger partial charge in [-0.15, -0.1) is 0 Å². The molecule has 0 saturated heterocycles. The topological polar surface area (TPSA) is 49.7 Å². The van der Waals surface area contributed by atoms with Gasteiger partial charge in [-0.25, -0.2) is 0 Å². The van der Waals surface area contributed by atoms with Crippen molar-refractivity contribution in [1.29, 1.82) is 0 Å². The molecule has 3 nitrogen and oxygen atoms in total. The van der Waals surface area contributed by atoms with Gasteiger partial charge in [0.15, 0.2) is 11.5 Å². The monoisotopic (exact) mass is 306 g/mol. The van der Waals surface area contributed by atoms with E-state index in [1.54, 1.807) is 6.07 Å². The molecule has 0 aliphatic rings. The summed E-state index contributed by atoms with van der Waals surface area (Å²) in [6.07, 6.45) is 14.3. The van der Waals surface area contributed by atoms with Gasteiger partial charge in [0.1, 0.15) is 0 Å². The average Bonchev–Trinajstić information content (AvgIpc) is 2.52. The van der Waals surface area contributed by atoms with Crippen LogP contribution >= 0.6 is 0 Å². The Labute approximate surface area is 134 Å². The number of benzene rings is 1. The van der Waals surface area contributed by atoms with Gasteiger partial charge >= 0.3 is 0 Å². The lowest BCUT2D eigenvalue weighted by molar-refractivity contribution is 0.157. The lowest BCUT2D eigenvalue weighted by atomic mass is 10.1. The normalized spacial score (nSPS) is 11.3. The molecule has 2 N–H and O–H groups in total. The number of ether oxygens (including phenoxy) is 1. The summed E-state index contributed by atoms with van der Waals surface area (Å²) in [6, 6.07) is 4.77. The molecule has 0 spiro atoms. The van der Waals surface area contributed by atoms with Crippen molar-refractivity contribution in [3.05, 3.63) is 29.8 Å². The molecule has 22 heavy (non-hydrogen) atoms. The molecule has 0 amide bonds. The average molecular weight is 306 g/mol. The SMILES string of the molecule is CCCCCCCCCCOC/C=C/c1ccc(O)c(O)c1. The maximum absolute atomic E-state index is 9.38. The highest BCUT2D eigenvalue weighted by atomic mass is 16.5. The zero-order valence-electron chi connectivity index (χ0n) is 13.8. The van der Waals surface area contributed by atoms with Gasteiger partial charge in [-0.05, 0) is 24.1 Å². The van der Waals surface area contributed by atoms with Crippen molar-refractivity contribution in [3.8, 4) is 11.5 Å². The fraction of sp³-hybridized carbons (Fsp3) is 0.579. The summed E-state index contributed by atoms with van der Waals surface area (Å²) < 4.78 is 5.56. The third-order valence-electron chi connectivity index (χ3n) is 3.67. The van der Waals surface area contributed by atoms with Crippen molar-refractivity contribution in [2.45, 2.75) is 58.3 Å². The van der Waals surface area contributed by atoms with Crippen LogP contribution in [0, 0.1) is 0 Å². The van der Waals surface area contributed by atoms with Crippen LogP contribution in [0.4, 0.5) is 0 Å². The maximum atomic E-state index is 9.38. The van der Waals surface area contributed by atoms with Crippen LogP contribution in [0.2, 0.25) is 0 Å². The standard InChI is InChI=1S/C19H30O3/c1-2-3-4-5-6-7-8-9-14-22-15-10-11-17-12-13-18(20)19(21)16-17/h10-13,16,20-21H,2-9,14-15H2,1H3/b11-10+. The largest absolute Gasteiger partial charge is 0.504 e. The molecule has 0 atom stereocenters. The molecular formula is C19H30O3. The van der Waals surface area contributed by atoms with Crippen LogP contribution < -0.4 is 0 Å². The molecule has 1 rings (SSSR count). The number of unbranched alkanes of at least 4 members (excludes halogenated alkanes) is 7. The molecule has 0 unspecified atom stereocenters. The lowest BCUT2D eigenvalue weighted by Crippen LogP contribution is -1.94. The van der Waals surface area contributed by atoms with E-state index in [4.69, 9.17) is 4.74 Å². The summed E-state index contributed by atoms with van der Waals surface area (Å²) in [6.45, 7) is 3.63. The molecule has 0 aliphatic heterocycles. The summed E-state index contributed by atoms with van der Waals surface area (Å²) in [4.78, 5) is 0. The van der Waals surface area contributed by atoms with Crippen LogP contribution in [0.1, 0.15) is 63.9 Å². The number of phenols is 2. The van der Waals surface area contributed by atoms with E-state index < -0.39 is 0 Å². The van der Waals surface area contributed by atoms with Gasteiger partial charge in [0.25, 0.3) is 0 Å². The molecule has 124 valence electrons. The van der Waals surface area contributed by atoms with E-state index in [-0.39, 0.29) is 11.5 Å². The van der Waals surface area contributed by atoms with Gasteiger partial charge in [-0.2, -0.15) is 0 Å². The lowest BCUT2D eigenvalue weighted by Gasteiger charge is -2.02. The molecule has 1 aromatic rings. The minimum absolute atomic E-state index is 0.0944. The molecule has 0 fully saturated rings. The molecular weight excluding hydrogens is 276 g/mol. The summed E-state index contributed by atoms with van der Waals surface area (Å²) in [5, 5.41) is 18.6. The molecule has 3 heteroatoms. The molecule has 0 radical (unpaired) electrons. The van der Waals surface area contributed by atoms with Crippen LogP contribution in [0.25, 0.3) is 6.08 Å². The van der Waals surface area contributed by atoms with E-state index in [0.29, 0.717) is 6.61 Å². The molecule has 1 aromatic carbocycles. The van der Waals surface area contributed by atoms with E-state index in [1.807, 2.05) is 12.2 Å². The Balaban J connectivity index is 1.96. The Morgan fingerprint density at radius 3 is 2.27 bits per heavy atom. The second-order valence-electron chi connectivity index (χ2n) is 5.70. The number of phenolic OH excluding ortho intramolecular Hbond substituents is 2. The molecule has 0 saturated carbocycles. The second-order valence-corrected chi connectivity index (χ2v) is 5.70. The Hall–Kier alpha value is -1.48. The zero-order valence-corrected chi connectivity index (χ0v) is 13.8. The van der Waals surface area contributed by atoms with Crippen molar-refractivity contribution < 1.29 is 14.9 Å². The van der Waals surface area contributed by atoms with Gasteiger partial charge in [0.05, 0.1) is 6.61 Å². The number of hydrogen-bond acceptors (Lipinski definition) is 3. The van der Waals surface area contributed by atoms with Gasteiger partial charge < -0.3 is 14.9 Å². The predicted molar refractivity (Wildman–Crippen MR) is 92.2 cm³/mol. The highest BCUT2D eigenvalue weighted by Gasteiger charge is 1.97. The summed E-state index contributed by atoms with van der Waals surface area (Å²) in [5.41, 5.74) is 0.853. The van der Waals surface area contributed by atoms with Gasteiger partial charge in [-0.3, -0.25) is 0 Å². The first kappa shape index (κ1) is 18.6. The Morgan fingerprint density at radius 2 is 1.59 bits per heavy atom. The number of aromatic hydroxyl groups is 2. The van der Waals surface area contributed by atoms with Gasteiger partial charge in [-0.1, -0.05) is 70.1 Å². The first-order chi connectivity index (χ1) is 10.7. The fourth-order valence-corrected chi connectivity index (χ4v) is 2.32.